The zero-order valence-electron chi connectivity index (χ0n) is 15.0. The van der Waals surface area contributed by atoms with Gasteiger partial charge in [-0.15, -0.1) is 0 Å². The highest BCUT2D eigenvalue weighted by molar-refractivity contribution is 5.94. The molecule has 0 saturated heterocycles. The highest BCUT2D eigenvalue weighted by atomic mass is 16.5. The van der Waals surface area contributed by atoms with Crippen LogP contribution in [0, 0.1) is 0 Å². The van der Waals surface area contributed by atoms with Crippen LogP contribution in [0.2, 0.25) is 0 Å². The van der Waals surface area contributed by atoms with Gasteiger partial charge in [0.1, 0.15) is 5.69 Å². The number of carboxylic acids is 1. The maximum atomic E-state index is 13.0. The Balaban J connectivity index is 1.90. The van der Waals surface area contributed by atoms with Gasteiger partial charge in [0, 0.05) is 31.5 Å². The minimum Gasteiger partial charge on any atom is -0.481 e. The number of fused-ring (bicyclic) bond motifs is 1. The number of ether oxygens (including phenoxy) is 1. The average molecular weight is 357 g/mol. The standard InChI is InChI=1S/C19H23N3O4/c1-3-4-13-9-16-19(25)22(8-7-21(16)12-13)15(10-18(23)24)14-5-6-17(26-2)20-11-14/h5-6,9,11-12,15H,3-4,7-8,10H2,1-2H3,(H,23,24)/t15-/m0/s1. The number of amides is 1. The third kappa shape index (κ3) is 3.56. The van der Waals surface area contributed by atoms with Crippen LogP contribution in [0.3, 0.4) is 0 Å². The summed E-state index contributed by atoms with van der Waals surface area (Å²) in [6.07, 6.45) is 5.38. The van der Waals surface area contributed by atoms with Crippen LogP contribution in [0.1, 0.15) is 47.4 Å². The summed E-state index contributed by atoms with van der Waals surface area (Å²) in [6.45, 7) is 3.23. The Morgan fingerprint density at radius 1 is 1.38 bits per heavy atom. The van der Waals surface area contributed by atoms with E-state index in [9.17, 15) is 14.7 Å². The number of aryl methyl sites for hydroxylation is 1. The third-order valence-corrected chi connectivity index (χ3v) is 4.65. The van der Waals surface area contributed by atoms with Crippen molar-refractivity contribution in [3.8, 4) is 5.88 Å². The SMILES string of the molecule is CCCc1cc2n(c1)CCN([C@@H](CC(=O)O)c1ccc(OC)nc1)C2=O. The Hall–Kier alpha value is -2.83. The lowest BCUT2D eigenvalue weighted by Crippen LogP contribution is -2.43. The number of aromatic nitrogens is 2. The van der Waals surface area contributed by atoms with Crippen molar-refractivity contribution >= 4 is 11.9 Å². The molecule has 1 aliphatic rings. The van der Waals surface area contributed by atoms with Crippen molar-refractivity contribution in [2.75, 3.05) is 13.7 Å². The van der Waals surface area contributed by atoms with Crippen molar-refractivity contribution in [3.63, 3.8) is 0 Å². The molecule has 138 valence electrons. The molecule has 2 aromatic rings. The smallest absolute Gasteiger partial charge is 0.305 e. The van der Waals surface area contributed by atoms with Crippen molar-refractivity contribution < 1.29 is 19.4 Å². The number of carbonyl (C=O) groups is 2. The van der Waals surface area contributed by atoms with Crippen molar-refractivity contribution in [1.29, 1.82) is 0 Å². The monoisotopic (exact) mass is 357 g/mol. The van der Waals surface area contributed by atoms with E-state index < -0.39 is 12.0 Å². The third-order valence-electron chi connectivity index (χ3n) is 4.65. The van der Waals surface area contributed by atoms with Crippen LogP contribution in [0.5, 0.6) is 5.88 Å². The van der Waals surface area contributed by atoms with Gasteiger partial charge in [0.25, 0.3) is 5.91 Å². The number of rotatable bonds is 7. The van der Waals surface area contributed by atoms with Gasteiger partial charge in [-0.05, 0) is 23.6 Å². The van der Waals surface area contributed by atoms with Crippen LogP contribution in [0.25, 0.3) is 0 Å². The molecule has 0 aliphatic carbocycles. The molecule has 3 rings (SSSR count). The predicted molar refractivity (Wildman–Crippen MR) is 95.2 cm³/mol. The zero-order valence-corrected chi connectivity index (χ0v) is 15.0. The Labute approximate surface area is 152 Å². The van der Waals surface area contributed by atoms with Gasteiger partial charge in [-0.1, -0.05) is 19.4 Å². The van der Waals surface area contributed by atoms with E-state index in [4.69, 9.17) is 4.74 Å². The highest BCUT2D eigenvalue weighted by Crippen LogP contribution is 2.29. The summed E-state index contributed by atoms with van der Waals surface area (Å²) in [5, 5.41) is 9.34. The molecule has 1 amide bonds. The Kier molecular flexibility index (Phi) is 5.25. The number of hydrogen-bond acceptors (Lipinski definition) is 4. The first-order chi connectivity index (χ1) is 12.5. The molecular weight excluding hydrogens is 334 g/mol. The fourth-order valence-electron chi connectivity index (χ4n) is 3.40. The van der Waals surface area contributed by atoms with Crippen LogP contribution in [-0.4, -0.2) is 45.1 Å². The lowest BCUT2D eigenvalue weighted by molar-refractivity contribution is -0.138. The molecule has 3 heterocycles. The number of nitrogens with zero attached hydrogens (tertiary/aromatic N) is 3. The van der Waals surface area contributed by atoms with E-state index in [2.05, 4.69) is 11.9 Å². The molecule has 2 aromatic heterocycles. The number of methoxy groups -OCH3 is 1. The summed E-state index contributed by atoms with van der Waals surface area (Å²) < 4.78 is 7.02. The molecular formula is C19H23N3O4. The van der Waals surface area contributed by atoms with Gasteiger partial charge in [-0.25, -0.2) is 4.98 Å². The van der Waals surface area contributed by atoms with Crippen molar-refractivity contribution in [1.82, 2.24) is 14.5 Å². The van der Waals surface area contributed by atoms with Gasteiger partial charge < -0.3 is 19.3 Å². The maximum Gasteiger partial charge on any atom is 0.305 e. The minimum absolute atomic E-state index is 0.138. The molecule has 1 N–H and O–H groups in total. The van der Waals surface area contributed by atoms with Crippen LogP contribution >= 0.6 is 0 Å². The summed E-state index contributed by atoms with van der Waals surface area (Å²) in [7, 11) is 1.52. The molecule has 0 aromatic carbocycles. The molecule has 0 bridgehead atoms. The number of carbonyl (C=O) groups excluding carboxylic acids is 1. The minimum atomic E-state index is -0.953. The number of carboxylic acid groups (broad SMARTS) is 1. The first-order valence-electron chi connectivity index (χ1n) is 8.75. The summed E-state index contributed by atoms with van der Waals surface area (Å²) >= 11 is 0. The zero-order chi connectivity index (χ0) is 18.7. The molecule has 1 atom stereocenters. The van der Waals surface area contributed by atoms with E-state index in [0.717, 1.165) is 18.4 Å². The summed E-state index contributed by atoms with van der Waals surface area (Å²) in [5.74, 6) is -0.641. The molecule has 0 unspecified atom stereocenters. The molecule has 1 aliphatic heterocycles. The van der Waals surface area contributed by atoms with Crippen LogP contribution in [0.15, 0.2) is 30.6 Å². The summed E-state index contributed by atoms with van der Waals surface area (Å²) in [6, 6.07) is 4.81. The average Bonchev–Trinajstić information content (AvgIpc) is 3.04. The first kappa shape index (κ1) is 18.0. The Morgan fingerprint density at radius 2 is 2.19 bits per heavy atom. The number of aliphatic carboxylic acids is 1. The van der Waals surface area contributed by atoms with E-state index in [1.54, 1.807) is 23.2 Å². The van der Waals surface area contributed by atoms with Crippen molar-refractivity contribution in [3.05, 3.63) is 47.4 Å². The van der Waals surface area contributed by atoms with Crippen molar-refractivity contribution in [2.24, 2.45) is 0 Å². The van der Waals surface area contributed by atoms with Gasteiger partial charge in [0.05, 0.1) is 19.6 Å². The Bertz CT molecular complexity index is 798. The van der Waals surface area contributed by atoms with Crippen LogP contribution < -0.4 is 4.74 Å². The topological polar surface area (TPSA) is 84.7 Å². The molecule has 0 radical (unpaired) electrons. The Morgan fingerprint density at radius 3 is 2.81 bits per heavy atom. The lowest BCUT2D eigenvalue weighted by Gasteiger charge is -2.34. The second-order valence-electron chi connectivity index (χ2n) is 6.42. The fraction of sp³-hybridized carbons (Fsp3) is 0.421. The maximum absolute atomic E-state index is 13.0. The van der Waals surface area contributed by atoms with Crippen molar-refractivity contribution in [2.45, 2.75) is 38.8 Å². The summed E-state index contributed by atoms with van der Waals surface area (Å²) in [4.78, 5) is 30.2. The van der Waals surface area contributed by atoms with E-state index in [1.807, 2.05) is 16.8 Å². The van der Waals surface area contributed by atoms with Gasteiger partial charge in [-0.3, -0.25) is 9.59 Å². The van der Waals surface area contributed by atoms with Crippen LogP contribution in [-0.2, 0) is 17.8 Å². The van der Waals surface area contributed by atoms with Gasteiger partial charge in [0.2, 0.25) is 5.88 Å². The van der Waals surface area contributed by atoms with E-state index in [-0.39, 0.29) is 12.3 Å². The molecule has 26 heavy (non-hydrogen) atoms. The predicted octanol–water partition coefficient (Wildman–Crippen LogP) is 2.52. The second kappa shape index (κ2) is 7.59. The van der Waals surface area contributed by atoms with Crippen LogP contribution in [0.4, 0.5) is 0 Å². The number of hydrogen-bond donors (Lipinski definition) is 1. The first-order valence-corrected chi connectivity index (χ1v) is 8.75. The quantitative estimate of drug-likeness (QED) is 0.823. The molecule has 7 nitrogen and oxygen atoms in total. The van der Waals surface area contributed by atoms with E-state index in [0.29, 0.717) is 30.2 Å². The molecule has 0 fully saturated rings. The molecule has 0 saturated carbocycles. The largest absolute Gasteiger partial charge is 0.481 e. The molecule has 0 spiro atoms. The van der Waals surface area contributed by atoms with Gasteiger partial charge in [0.15, 0.2) is 0 Å². The number of pyridine rings is 1. The van der Waals surface area contributed by atoms with Gasteiger partial charge >= 0.3 is 5.97 Å². The second-order valence-corrected chi connectivity index (χ2v) is 6.42. The summed E-state index contributed by atoms with van der Waals surface area (Å²) in [5.41, 5.74) is 2.45. The van der Waals surface area contributed by atoms with E-state index in [1.165, 1.54) is 7.11 Å². The normalized spacial score (nSPS) is 14.8. The lowest BCUT2D eigenvalue weighted by atomic mass is 10.0. The fourth-order valence-corrected chi connectivity index (χ4v) is 3.40. The van der Waals surface area contributed by atoms with E-state index >= 15 is 0 Å². The highest BCUT2D eigenvalue weighted by Gasteiger charge is 2.33. The molecule has 7 heteroatoms. The van der Waals surface area contributed by atoms with Gasteiger partial charge in [-0.2, -0.15) is 0 Å².